The van der Waals surface area contributed by atoms with E-state index >= 15 is 0 Å². The Bertz CT molecular complexity index is 977. The van der Waals surface area contributed by atoms with Crippen molar-refractivity contribution in [2.24, 2.45) is 11.7 Å². The van der Waals surface area contributed by atoms with Gasteiger partial charge in [0.15, 0.2) is 0 Å². The third-order valence-electron chi connectivity index (χ3n) is 6.87. The fraction of sp³-hybridized carbons (Fsp3) is 0.444. The van der Waals surface area contributed by atoms with Crippen LogP contribution in [0.15, 0.2) is 48.5 Å². The highest BCUT2D eigenvalue weighted by Crippen LogP contribution is 2.26. The van der Waals surface area contributed by atoms with Gasteiger partial charge in [-0.3, -0.25) is 15.0 Å². The molecule has 0 spiro atoms. The van der Waals surface area contributed by atoms with E-state index in [1.807, 2.05) is 53.4 Å². The van der Waals surface area contributed by atoms with Gasteiger partial charge in [-0.05, 0) is 67.7 Å². The third-order valence-corrected chi connectivity index (χ3v) is 6.87. The maximum absolute atomic E-state index is 13.0. The van der Waals surface area contributed by atoms with Gasteiger partial charge in [-0.2, -0.15) is 0 Å². The first-order valence-corrected chi connectivity index (χ1v) is 12.0. The lowest BCUT2D eigenvalue weighted by Gasteiger charge is -2.32. The molecule has 2 aromatic rings. The van der Waals surface area contributed by atoms with Crippen LogP contribution in [-0.2, 0) is 9.53 Å². The third kappa shape index (κ3) is 6.60. The molecule has 2 aromatic carbocycles. The number of hydrogen-bond donors (Lipinski definition) is 2. The molecule has 6 nitrogen and oxygen atoms in total. The number of nitrogens with two attached hydrogens (primary N) is 1. The van der Waals surface area contributed by atoms with Gasteiger partial charge in [0.05, 0.1) is 0 Å². The predicted molar refractivity (Wildman–Crippen MR) is 136 cm³/mol. The quantitative estimate of drug-likeness (QED) is 0.336. The van der Waals surface area contributed by atoms with E-state index in [0.717, 1.165) is 49.7 Å². The molecule has 0 bridgehead atoms. The minimum Gasteiger partial charge on any atom is -0.462 e. The van der Waals surface area contributed by atoms with Gasteiger partial charge in [0, 0.05) is 30.6 Å². The Morgan fingerprint density at radius 1 is 0.853 bits per heavy atom. The molecule has 1 amide bonds. The number of rotatable bonds is 6. The fourth-order valence-corrected chi connectivity index (χ4v) is 4.82. The number of benzene rings is 2. The summed E-state index contributed by atoms with van der Waals surface area (Å²) in [6.45, 7) is 1.35. The summed E-state index contributed by atoms with van der Waals surface area (Å²) in [4.78, 5) is 27.1. The second-order valence-electron chi connectivity index (χ2n) is 9.26. The van der Waals surface area contributed by atoms with Gasteiger partial charge in [-0.15, -0.1) is 12.4 Å². The minimum absolute atomic E-state index is 0. The fourth-order valence-electron chi connectivity index (χ4n) is 4.82. The zero-order chi connectivity index (χ0) is 23.2. The van der Waals surface area contributed by atoms with Crippen LogP contribution in [0.3, 0.4) is 0 Å². The smallest absolute Gasteiger partial charge is 0.306 e. The molecule has 3 N–H and O–H groups in total. The van der Waals surface area contributed by atoms with Crippen molar-refractivity contribution < 1.29 is 14.3 Å². The van der Waals surface area contributed by atoms with E-state index in [1.165, 1.54) is 6.42 Å². The van der Waals surface area contributed by atoms with Gasteiger partial charge in [0.1, 0.15) is 11.9 Å². The molecule has 0 atom stereocenters. The van der Waals surface area contributed by atoms with Gasteiger partial charge in [0.25, 0.3) is 5.91 Å². The molecule has 0 aromatic heterocycles. The Balaban J connectivity index is 0.00000324. The van der Waals surface area contributed by atoms with Crippen LogP contribution in [-0.4, -0.2) is 41.8 Å². The molecule has 1 heterocycles. The van der Waals surface area contributed by atoms with Gasteiger partial charge >= 0.3 is 5.97 Å². The summed E-state index contributed by atoms with van der Waals surface area (Å²) in [5.74, 6) is 0.313. The maximum atomic E-state index is 13.0. The van der Waals surface area contributed by atoms with E-state index in [-0.39, 0.29) is 36.2 Å². The number of likely N-dealkylation sites (tertiary alicyclic amines) is 1. The molecule has 1 saturated heterocycles. The van der Waals surface area contributed by atoms with Crippen molar-refractivity contribution in [2.45, 2.75) is 57.5 Å². The Kier molecular flexibility index (Phi) is 9.11. The van der Waals surface area contributed by atoms with E-state index in [1.54, 1.807) is 0 Å². The van der Waals surface area contributed by atoms with E-state index in [9.17, 15) is 9.59 Å². The number of carbonyl (C=O) groups is 2. The molecule has 0 unspecified atom stereocenters. The van der Waals surface area contributed by atoms with Gasteiger partial charge in [-0.1, -0.05) is 42.8 Å². The van der Waals surface area contributed by atoms with Crippen LogP contribution in [0.25, 0.3) is 11.1 Å². The summed E-state index contributed by atoms with van der Waals surface area (Å²) in [6, 6.07) is 15.1. The van der Waals surface area contributed by atoms with E-state index in [2.05, 4.69) is 0 Å². The maximum Gasteiger partial charge on any atom is 0.306 e. The number of hydrogen-bond acceptors (Lipinski definition) is 4. The molecular weight excluding hydrogens is 450 g/mol. The van der Waals surface area contributed by atoms with Crippen LogP contribution in [0.2, 0.25) is 0 Å². The van der Waals surface area contributed by atoms with Crippen molar-refractivity contribution >= 4 is 30.1 Å². The highest BCUT2D eigenvalue weighted by atomic mass is 35.5. The normalized spacial score (nSPS) is 17.0. The number of halogens is 1. The Morgan fingerprint density at radius 2 is 1.38 bits per heavy atom. The average Bonchev–Trinajstić information content (AvgIpc) is 2.85. The molecule has 1 aliphatic carbocycles. The average molecular weight is 484 g/mol. The number of nitrogens with one attached hydrogen (secondary N) is 1. The zero-order valence-electron chi connectivity index (χ0n) is 19.5. The van der Waals surface area contributed by atoms with Crippen molar-refractivity contribution in [2.75, 3.05) is 13.1 Å². The molecule has 0 radical (unpaired) electrons. The van der Waals surface area contributed by atoms with Crippen LogP contribution in [0.5, 0.6) is 0 Å². The number of ether oxygens (including phenoxy) is 1. The van der Waals surface area contributed by atoms with E-state index in [4.69, 9.17) is 15.9 Å². The molecule has 4 rings (SSSR count). The van der Waals surface area contributed by atoms with Crippen molar-refractivity contribution in [3.05, 3.63) is 59.7 Å². The van der Waals surface area contributed by atoms with Crippen molar-refractivity contribution in [3.8, 4) is 11.1 Å². The van der Waals surface area contributed by atoms with Crippen LogP contribution in [0, 0.1) is 11.3 Å². The molecular formula is C27H34ClN3O3. The van der Waals surface area contributed by atoms with Crippen LogP contribution < -0.4 is 5.73 Å². The Labute approximate surface area is 207 Å². The first-order valence-electron chi connectivity index (χ1n) is 12.0. The predicted octanol–water partition coefficient (Wildman–Crippen LogP) is 5.18. The van der Waals surface area contributed by atoms with Gasteiger partial charge < -0.3 is 15.4 Å². The summed E-state index contributed by atoms with van der Waals surface area (Å²) >= 11 is 0. The zero-order valence-corrected chi connectivity index (χ0v) is 20.3. The summed E-state index contributed by atoms with van der Waals surface area (Å²) in [6.07, 6.45) is 7.83. The lowest BCUT2D eigenvalue weighted by Crippen LogP contribution is -2.39. The van der Waals surface area contributed by atoms with E-state index in [0.29, 0.717) is 36.6 Å². The SMILES string of the molecule is Cl.N=C(N)c1ccc(-c2ccc(C(=O)N3CCC(CC(=O)OC4CCCCC4)CC3)cc2)cc1. The van der Waals surface area contributed by atoms with Gasteiger partial charge in [-0.25, -0.2) is 0 Å². The number of carbonyl (C=O) groups excluding carboxylic acids is 2. The van der Waals surface area contributed by atoms with E-state index < -0.39 is 0 Å². The second-order valence-corrected chi connectivity index (χ2v) is 9.26. The minimum atomic E-state index is -0.0707. The number of amides is 1. The molecule has 7 heteroatoms. The number of nitrogens with zero attached hydrogens (tertiary/aromatic N) is 1. The van der Waals surface area contributed by atoms with Crippen LogP contribution in [0.1, 0.15) is 67.3 Å². The molecule has 1 aliphatic heterocycles. The number of amidine groups is 1. The summed E-state index contributed by atoms with van der Waals surface area (Å²) < 4.78 is 5.67. The topological polar surface area (TPSA) is 96.5 Å². The highest BCUT2D eigenvalue weighted by Gasteiger charge is 2.27. The first kappa shape index (κ1) is 25.8. The van der Waals surface area contributed by atoms with Crippen molar-refractivity contribution in [3.63, 3.8) is 0 Å². The number of nitrogen functional groups attached to an aromatic ring is 1. The summed E-state index contributed by atoms with van der Waals surface area (Å²) in [5.41, 5.74) is 8.91. The highest BCUT2D eigenvalue weighted by molar-refractivity contribution is 5.96. The van der Waals surface area contributed by atoms with Crippen LogP contribution in [0.4, 0.5) is 0 Å². The number of piperidine rings is 1. The lowest BCUT2D eigenvalue weighted by molar-refractivity contribution is -0.151. The molecule has 2 aliphatic rings. The molecule has 1 saturated carbocycles. The first-order chi connectivity index (χ1) is 16.0. The number of esters is 1. The van der Waals surface area contributed by atoms with Crippen LogP contribution >= 0.6 is 12.4 Å². The lowest BCUT2D eigenvalue weighted by atomic mass is 9.93. The van der Waals surface area contributed by atoms with Crippen molar-refractivity contribution in [1.82, 2.24) is 4.90 Å². The standard InChI is InChI=1S/C27H33N3O3.ClH/c28-26(29)22-10-6-20(7-11-22)21-8-12-23(13-9-21)27(32)30-16-14-19(15-17-30)18-25(31)33-24-4-2-1-3-5-24;/h6-13,19,24H,1-5,14-18H2,(H3,28,29);1H. The van der Waals surface area contributed by atoms with Gasteiger partial charge in [0.2, 0.25) is 0 Å². The molecule has 34 heavy (non-hydrogen) atoms. The Morgan fingerprint density at radius 3 is 1.91 bits per heavy atom. The monoisotopic (exact) mass is 483 g/mol. The van der Waals surface area contributed by atoms with Crippen molar-refractivity contribution in [1.29, 1.82) is 5.41 Å². The second kappa shape index (κ2) is 12.0. The summed E-state index contributed by atoms with van der Waals surface area (Å²) in [5, 5.41) is 7.49. The summed E-state index contributed by atoms with van der Waals surface area (Å²) in [7, 11) is 0. The molecule has 2 fully saturated rings. The Hall–Kier alpha value is -2.86. The largest absolute Gasteiger partial charge is 0.462 e. The molecule has 182 valence electrons.